The smallest absolute Gasteiger partial charge is 0.0596 e. The van der Waals surface area contributed by atoms with E-state index in [1.54, 1.807) is 0 Å². The molecule has 0 spiro atoms. The van der Waals surface area contributed by atoms with Crippen LogP contribution in [0.25, 0.3) is 0 Å². The van der Waals surface area contributed by atoms with E-state index in [2.05, 4.69) is 43.5 Å². The van der Waals surface area contributed by atoms with Crippen LogP contribution in [-0.2, 0) is 13.0 Å². The Morgan fingerprint density at radius 3 is 2.89 bits per heavy atom. The molecule has 19 heavy (non-hydrogen) atoms. The van der Waals surface area contributed by atoms with E-state index in [9.17, 15) is 0 Å². The van der Waals surface area contributed by atoms with Crippen LogP contribution in [0.4, 0.5) is 0 Å². The Balaban J connectivity index is 2.11. The molecule has 1 heterocycles. The maximum atomic E-state index is 6.71. The van der Waals surface area contributed by atoms with Crippen LogP contribution in [0.2, 0.25) is 0 Å². The molecular weight excluding hydrogens is 234 g/mol. The minimum atomic E-state index is -0.0212. The van der Waals surface area contributed by atoms with Gasteiger partial charge in [-0.2, -0.15) is 5.10 Å². The van der Waals surface area contributed by atoms with E-state index in [0.29, 0.717) is 0 Å². The molecule has 0 saturated heterocycles. The molecule has 0 amide bonds. The van der Waals surface area contributed by atoms with Crippen LogP contribution in [-0.4, -0.2) is 15.3 Å². The average Bonchev–Trinajstić information content (AvgIpc) is 2.68. The molecule has 1 aliphatic carbocycles. The molecular formula is C16H29N3. The first-order valence-electron chi connectivity index (χ1n) is 7.76. The minimum Gasteiger partial charge on any atom is -0.325 e. The van der Waals surface area contributed by atoms with E-state index in [4.69, 9.17) is 5.73 Å². The van der Waals surface area contributed by atoms with Crippen LogP contribution < -0.4 is 5.73 Å². The number of hydrogen-bond acceptors (Lipinski definition) is 2. The van der Waals surface area contributed by atoms with Crippen molar-refractivity contribution >= 4 is 0 Å². The van der Waals surface area contributed by atoms with Gasteiger partial charge in [-0.05, 0) is 44.6 Å². The molecule has 3 heteroatoms. The maximum absolute atomic E-state index is 6.71. The summed E-state index contributed by atoms with van der Waals surface area (Å²) >= 11 is 0. The van der Waals surface area contributed by atoms with E-state index in [1.807, 2.05) is 0 Å². The fraction of sp³-hybridized carbons (Fsp3) is 0.812. The summed E-state index contributed by atoms with van der Waals surface area (Å²) in [5, 5.41) is 4.54. The summed E-state index contributed by atoms with van der Waals surface area (Å²) < 4.78 is 2.11. The maximum Gasteiger partial charge on any atom is 0.0596 e. The number of nitrogens with zero attached hydrogens (tertiary/aromatic N) is 2. The third kappa shape index (κ3) is 3.38. The number of rotatable bonds is 4. The molecule has 0 radical (unpaired) electrons. The highest BCUT2D eigenvalue weighted by Gasteiger charge is 2.34. The molecule has 3 nitrogen and oxygen atoms in total. The van der Waals surface area contributed by atoms with Gasteiger partial charge < -0.3 is 5.73 Å². The van der Waals surface area contributed by atoms with Crippen molar-refractivity contribution in [1.29, 1.82) is 0 Å². The molecule has 2 atom stereocenters. The lowest BCUT2D eigenvalue weighted by Gasteiger charge is -2.39. The lowest BCUT2D eigenvalue weighted by molar-refractivity contribution is 0.180. The Kier molecular flexibility index (Phi) is 4.34. The molecule has 2 rings (SSSR count). The fourth-order valence-electron chi connectivity index (χ4n) is 3.55. The molecule has 1 fully saturated rings. The normalized spacial score (nSPS) is 28.0. The number of aryl methyl sites for hydroxylation is 2. The van der Waals surface area contributed by atoms with Crippen LogP contribution in [0.1, 0.15) is 57.8 Å². The highest BCUT2D eigenvalue weighted by atomic mass is 15.3. The van der Waals surface area contributed by atoms with E-state index in [1.165, 1.54) is 25.0 Å². The van der Waals surface area contributed by atoms with Crippen LogP contribution in [0.5, 0.6) is 0 Å². The van der Waals surface area contributed by atoms with Crippen molar-refractivity contribution in [2.45, 2.75) is 71.9 Å². The molecule has 1 aliphatic rings. The second kappa shape index (κ2) is 5.66. The zero-order chi connectivity index (χ0) is 14.0. The Hall–Kier alpha value is -0.830. The van der Waals surface area contributed by atoms with Crippen LogP contribution in [0, 0.1) is 18.8 Å². The third-order valence-electron chi connectivity index (χ3n) is 4.68. The Morgan fingerprint density at radius 1 is 1.53 bits per heavy atom. The molecule has 0 aliphatic heterocycles. The topological polar surface area (TPSA) is 43.8 Å². The zero-order valence-electron chi connectivity index (χ0n) is 12.9. The highest BCUT2D eigenvalue weighted by molar-refractivity contribution is 5.13. The minimum absolute atomic E-state index is 0.0212. The molecule has 1 saturated carbocycles. The molecule has 2 N–H and O–H groups in total. The second-order valence-corrected chi connectivity index (χ2v) is 6.73. The lowest BCUT2D eigenvalue weighted by Crippen LogP contribution is -2.47. The van der Waals surface area contributed by atoms with E-state index in [0.717, 1.165) is 36.9 Å². The van der Waals surface area contributed by atoms with Gasteiger partial charge in [0.25, 0.3) is 0 Å². The van der Waals surface area contributed by atoms with Gasteiger partial charge in [-0.15, -0.1) is 0 Å². The van der Waals surface area contributed by atoms with Crippen molar-refractivity contribution < 1.29 is 0 Å². The quantitative estimate of drug-likeness (QED) is 0.906. The van der Waals surface area contributed by atoms with Crippen molar-refractivity contribution in [3.8, 4) is 0 Å². The van der Waals surface area contributed by atoms with Crippen molar-refractivity contribution in [3.05, 3.63) is 17.5 Å². The largest absolute Gasteiger partial charge is 0.325 e. The predicted molar refractivity (Wildman–Crippen MR) is 80.1 cm³/mol. The van der Waals surface area contributed by atoms with E-state index in [-0.39, 0.29) is 5.54 Å². The number of aromatic nitrogens is 2. The van der Waals surface area contributed by atoms with Crippen LogP contribution in [0.3, 0.4) is 0 Å². The summed E-state index contributed by atoms with van der Waals surface area (Å²) in [7, 11) is 0. The predicted octanol–water partition coefficient (Wildman–Crippen LogP) is 3.30. The highest BCUT2D eigenvalue weighted by Crippen LogP contribution is 2.36. The van der Waals surface area contributed by atoms with Gasteiger partial charge in [-0.1, -0.05) is 26.7 Å². The van der Waals surface area contributed by atoms with Gasteiger partial charge in [0.2, 0.25) is 0 Å². The summed E-state index contributed by atoms with van der Waals surface area (Å²) in [4.78, 5) is 0. The van der Waals surface area contributed by atoms with Crippen molar-refractivity contribution in [3.63, 3.8) is 0 Å². The summed E-state index contributed by atoms with van der Waals surface area (Å²) in [6.07, 6.45) is 5.93. The molecule has 0 bridgehead atoms. The van der Waals surface area contributed by atoms with Gasteiger partial charge in [0, 0.05) is 24.2 Å². The van der Waals surface area contributed by atoms with Gasteiger partial charge in [-0.25, -0.2) is 0 Å². The van der Waals surface area contributed by atoms with Crippen molar-refractivity contribution in [1.82, 2.24) is 9.78 Å². The molecule has 1 aromatic heterocycles. The van der Waals surface area contributed by atoms with E-state index >= 15 is 0 Å². The van der Waals surface area contributed by atoms with Gasteiger partial charge in [0.15, 0.2) is 0 Å². The van der Waals surface area contributed by atoms with Crippen molar-refractivity contribution in [2.24, 2.45) is 17.6 Å². The van der Waals surface area contributed by atoms with Gasteiger partial charge in [0.05, 0.1) is 5.69 Å². The Morgan fingerprint density at radius 2 is 2.26 bits per heavy atom. The first-order valence-corrected chi connectivity index (χ1v) is 7.76. The third-order valence-corrected chi connectivity index (χ3v) is 4.68. The van der Waals surface area contributed by atoms with Gasteiger partial charge in [0.1, 0.15) is 0 Å². The first-order chi connectivity index (χ1) is 8.93. The van der Waals surface area contributed by atoms with Gasteiger partial charge >= 0.3 is 0 Å². The SMILES string of the molecule is CCn1nc(C)cc1CC1(N)CCCC(C(C)C)C1. The lowest BCUT2D eigenvalue weighted by atomic mass is 9.70. The Labute approximate surface area is 117 Å². The summed E-state index contributed by atoms with van der Waals surface area (Å²) in [5.41, 5.74) is 9.11. The average molecular weight is 263 g/mol. The van der Waals surface area contributed by atoms with Crippen LogP contribution >= 0.6 is 0 Å². The van der Waals surface area contributed by atoms with Gasteiger partial charge in [-0.3, -0.25) is 4.68 Å². The fourth-order valence-corrected chi connectivity index (χ4v) is 3.55. The summed E-state index contributed by atoms with van der Waals surface area (Å²) in [6.45, 7) is 9.81. The zero-order valence-corrected chi connectivity index (χ0v) is 12.9. The summed E-state index contributed by atoms with van der Waals surface area (Å²) in [5.74, 6) is 1.54. The molecule has 0 aromatic carbocycles. The van der Waals surface area contributed by atoms with Crippen LogP contribution in [0.15, 0.2) is 6.07 Å². The summed E-state index contributed by atoms with van der Waals surface area (Å²) in [6, 6.07) is 2.21. The first kappa shape index (κ1) is 14.6. The molecule has 1 aromatic rings. The second-order valence-electron chi connectivity index (χ2n) is 6.73. The Bertz CT molecular complexity index is 422. The monoisotopic (exact) mass is 263 g/mol. The molecule has 2 unspecified atom stereocenters. The standard InChI is InChI=1S/C16H29N3/c1-5-19-15(9-13(4)18-19)11-16(17)8-6-7-14(10-16)12(2)3/h9,12,14H,5-8,10-11,17H2,1-4H3. The number of hydrogen-bond donors (Lipinski definition) is 1. The van der Waals surface area contributed by atoms with Crippen molar-refractivity contribution in [2.75, 3.05) is 0 Å². The molecule has 108 valence electrons. The number of nitrogens with two attached hydrogens (primary N) is 1. The van der Waals surface area contributed by atoms with E-state index < -0.39 is 0 Å².